The van der Waals surface area contributed by atoms with Crippen LogP contribution in [0.15, 0.2) is 60.7 Å². The molecule has 0 radical (unpaired) electrons. The zero-order valence-corrected chi connectivity index (χ0v) is 15.3. The second-order valence-electron chi connectivity index (χ2n) is 6.92. The van der Waals surface area contributed by atoms with E-state index >= 15 is 0 Å². The predicted molar refractivity (Wildman–Crippen MR) is 103 cm³/mol. The van der Waals surface area contributed by atoms with Gasteiger partial charge in [-0.15, -0.1) is 0 Å². The van der Waals surface area contributed by atoms with Crippen molar-refractivity contribution >= 4 is 11.9 Å². The summed E-state index contributed by atoms with van der Waals surface area (Å²) in [6, 6.07) is 19.3. The average molecular weight is 367 g/mol. The SMILES string of the molecule is O=C(COCCc1ccccc1)N1CCC(C(=O)O)(c2ccccc2)CC1. The second-order valence-corrected chi connectivity index (χ2v) is 6.92. The van der Waals surface area contributed by atoms with Gasteiger partial charge in [-0.1, -0.05) is 60.7 Å². The van der Waals surface area contributed by atoms with Gasteiger partial charge < -0.3 is 14.7 Å². The van der Waals surface area contributed by atoms with Crippen molar-refractivity contribution in [2.75, 3.05) is 26.3 Å². The number of amides is 1. The van der Waals surface area contributed by atoms with Crippen LogP contribution in [-0.4, -0.2) is 48.2 Å². The Morgan fingerprint density at radius 3 is 2.15 bits per heavy atom. The summed E-state index contributed by atoms with van der Waals surface area (Å²) >= 11 is 0. The molecule has 1 heterocycles. The highest BCUT2D eigenvalue weighted by Gasteiger charge is 2.43. The van der Waals surface area contributed by atoms with E-state index in [-0.39, 0.29) is 12.5 Å². The monoisotopic (exact) mass is 367 g/mol. The summed E-state index contributed by atoms with van der Waals surface area (Å²) < 4.78 is 5.53. The Kier molecular flexibility index (Phi) is 6.24. The third-order valence-electron chi connectivity index (χ3n) is 5.31. The fraction of sp³-hybridized carbons (Fsp3) is 0.364. The van der Waals surface area contributed by atoms with Gasteiger partial charge in [-0.05, 0) is 30.4 Å². The third-order valence-corrected chi connectivity index (χ3v) is 5.31. The predicted octanol–water partition coefficient (Wildman–Crippen LogP) is 2.89. The highest BCUT2D eigenvalue weighted by atomic mass is 16.5. The van der Waals surface area contributed by atoms with E-state index < -0.39 is 11.4 Å². The standard InChI is InChI=1S/C22H25NO4/c24-20(17-27-16-11-18-7-3-1-4-8-18)23-14-12-22(13-15-23,21(25)26)19-9-5-2-6-10-19/h1-10H,11-17H2,(H,25,26). The minimum absolute atomic E-state index is 0.0399. The van der Waals surface area contributed by atoms with E-state index in [2.05, 4.69) is 0 Å². The Morgan fingerprint density at radius 2 is 1.56 bits per heavy atom. The molecule has 1 N–H and O–H groups in total. The molecule has 1 aliphatic heterocycles. The van der Waals surface area contributed by atoms with Crippen LogP contribution in [0.3, 0.4) is 0 Å². The number of ether oxygens (including phenoxy) is 1. The first-order valence-corrected chi connectivity index (χ1v) is 9.30. The lowest BCUT2D eigenvalue weighted by molar-refractivity contribution is -0.149. The number of carboxylic acids is 1. The number of likely N-dealkylation sites (tertiary alicyclic amines) is 1. The van der Waals surface area contributed by atoms with Crippen LogP contribution in [0.2, 0.25) is 0 Å². The highest BCUT2D eigenvalue weighted by Crippen LogP contribution is 2.35. The van der Waals surface area contributed by atoms with Crippen LogP contribution >= 0.6 is 0 Å². The van der Waals surface area contributed by atoms with Gasteiger partial charge in [0, 0.05) is 13.1 Å². The molecule has 1 amide bonds. The van der Waals surface area contributed by atoms with Crippen molar-refractivity contribution in [1.82, 2.24) is 4.90 Å². The summed E-state index contributed by atoms with van der Waals surface area (Å²) in [7, 11) is 0. The molecule has 0 atom stereocenters. The van der Waals surface area contributed by atoms with Crippen LogP contribution in [0, 0.1) is 0 Å². The van der Waals surface area contributed by atoms with Gasteiger partial charge >= 0.3 is 5.97 Å². The summed E-state index contributed by atoms with van der Waals surface area (Å²) in [5.74, 6) is -0.893. The lowest BCUT2D eigenvalue weighted by Crippen LogP contribution is -2.49. The van der Waals surface area contributed by atoms with Gasteiger partial charge in [0.15, 0.2) is 0 Å². The number of benzene rings is 2. The van der Waals surface area contributed by atoms with Crippen LogP contribution < -0.4 is 0 Å². The van der Waals surface area contributed by atoms with Crippen LogP contribution in [0.4, 0.5) is 0 Å². The molecule has 0 spiro atoms. The first-order valence-electron chi connectivity index (χ1n) is 9.30. The molecule has 1 aliphatic rings. The molecule has 2 aromatic carbocycles. The van der Waals surface area contributed by atoms with Crippen molar-refractivity contribution in [3.8, 4) is 0 Å². The number of carboxylic acid groups (broad SMARTS) is 1. The summed E-state index contributed by atoms with van der Waals surface area (Å²) in [6.07, 6.45) is 1.61. The minimum Gasteiger partial charge on any atom is -0.481 e. The van der Waals surface area contributed by atoms with E-state index in [1.165, 1.54) is 5.56 Å². The van der Waals surface area contributed by atoms with Gasteiger partial charge in [0.2, 0.25) is 5.91 Å². The molecule has 0 unspecified atom stereocenters. The highest BCUT2D eigenvalue weighted by molar-refractivity contribution is 5.83. The van der Waals surface area contributed by atoms with Crippen LogP contribution in [-0.2, 0) is 26.2 Å². The first kappa shape index (κ1) is 19.1. The van der Waals surface area contributed by atoms with Crippen LogP contribution in [0.25, 0.3) is 0 Å². The number of hydrogen-bond donors (Lipinski definition) is 1. The van der Waals surface area contributed by atoms with Gasteiger partial charge in [-0.25, -0.2) is 0 Å². The van der Waals surface area contributed by atoms with Crippen molar-refractivity contribution in [1.29, 1.82) is 0 Å². The van der Waals surface area contributed by atoms with E-state index in [0.29, 0.717) is 32.5 Å². The average Bonchev–Trinajstić information content (AvgIpc) is 2.72. The number of nitrogens with zero attached hydrogens (tertiary/aromatic N) is 1. The fourth-order valence-corrected chi connectivity index (χ4v) is 3.61. The molecular weight excluding hydrogens is 342 g/mol. The largest absolute Gasteiger partial charge is 0.481 e. The number of rotatable bonds is 7. The molecule has 0 saturated carbocycles. The van der Waals surface area contributed by atoms with Crippen LogP contribution in [0.1, 0.15) is 24.0 Å². The van der Waals surface area contributed by atoms with E-state index in [9.17, 15) is 14.7 Å². The quantitative estimate of drug-likeness (QED) is 0.764. The number of hydrogen-bond acceptors (Lipinski definition) is 3. The number of carbonyl (C=O) groups is 2. The van der Waals surface area contributed by atoms with Gasteiger partial charge in [0.05, 0.1) is 12.0 Å². The summed E-state index contributed by atoms with van der Waals surface area (Å²) in [5.41, 5.74) is 1.08. The maximum Gasteiger partial charge on any atom is 0.314 e. The Bertz CT molecular complexity index is 752. The molecule has 0 aromatic heterocycles. The molecule has 1 fully saturated rings. The van der Waals surface area contributed by atoms with Crippen molar-refractivity contribution in [2.24, 2.45) is 0 Å². The molecule has 0 bridgehead atoms. The first-order chi connectivity index (χ1) is 13.1. The van der Waals surface area contributed by atoms with E-state index in [1.54, 1.807) is 4.90 Å². The molecular formula is C22H25NO4. The van der Waals surface area contributed by atoms with Crippen molar-refractivity contribution in [2.45, 2.75) is 24.7 Å². The van der Waals surface area contributed by atoms with Gasteiger partial charge in [0.1, 0.15) is 6.61 Å². The summed E-state index contributed by atoms with van der Waals surface area (Å²) in [6.45, 7) is 1.40. The molecule has 3 rings (SSSR count). The number of carbonyl (C=O) groups excluding carboxylic acids is 1. The van der Waals surface area contributed by atoms with Crippen molar-refractivity contribution < 1.29 is 19.4 Å². The van der Waals surface area contributed by atoms with Crippen LogP contribution in [0.5, 0.6) is 0 Å². The van der Waals surface area contributed by atoms with Gasteiger partial charge in [-0.3, -0.25) is 9.59 Å². The summed E-state index contributed by atoms with van der Waals surface area (Å²) in [4.78, 5) is 26.1. The maximum atomic E-state index is 12.4. The number of aliphatic carboxylic acids is 1. The normalized spacial score (nSPS) is 16.1. The molecule has 2 aromatic rings. The minimum atomic E-state index is -0.911. The van der Waals surface area contributed by atoms with Gasteiger partial charge in [-0.2, -0.15) is 0 Å². The lowest BCUT2D eigenvalue weighted by atomic mass is 9.73. The van der Waals surface area contributed by atoms with E-state index in [1.807, 2.05) is 60.7 Å². The molecule has 5 heteroatoms. The summed E-state index contributed by atoms with van der Waals surface area (Å²) in [5, 5.41) is 9.82. The second kappa shape index (κ2) is 8.82. The Balaban J connectivity index is 1.49. The molecule has 1 saturated heterocycles. The molecule has 142 valence electrons. The smallest absolute Gasteiger partial charge is 0.314 e. The maximum absolute atomic E-state index is 12.4. The Hall–Kier alpha value is -2.66. The zero-order chi connectivity index (χ0) is 19.1. The molecule has 5 nitrogen and oxygen atoms in total. The van der Waals surface area contributed by atoms with Crippen molar-refractivity contribution in [3.05, 3.63) is 71.8 Å². The van der Waals surface area contributed by atoms with E-state index in [4.69, 9.17) is 4.74 Å². The Morgan fingerprint density at radius 1 is 0.963 bits per heavy atom. The topological polar surface area (TPSA) is 66.8 Å². The third kappa shape index (κ3) is 4.55. The molecule has 27 heavy (non-hydrogen) atoms. The zero-order valence-electron chi connectivity index (χ0n) is 15.3. The Labute approximate surface area is 159 Å². The van der Waals surface area contributed by atoms with Gasteiger partial charge in [0.25, 0.3) is 0 Å². The molecule has 0 aliphatic carbocycles. The number of piperidine rings is 1. The fourth-order valence-electron chi connectivity index (χ4n) is 3.61. The lowest BCUT2D eigenvalue weighted by Gasteiger charge is -2.39. The van der Waals surface area contributed by atoms with E-state index in [0.717, 1.165) is 12.0 Å². The van der Waals surface area contributed by atoms with Crippen molar-refractivity contribution in [3.63, 3.8) is 0 Å².